The summed E-state index contributed by atoms with van der Waals surface area (Å²) in [7, 11) is 0. The Morgan fingerprint density at radius 3 is 2.68 bits per heavy atom. The third-order valence-electron chi connectivity index (χ3n) is 4.89. The number of carbonyl (C=O) groups is 3. The zero-order chi connectivity index (χ0) is 22.8. The summed E-state index contributed by atoms with van der Waals surface area (Å²) in [4.78, 5) is 42.1. The van der Waals surface area contributed by atoms with Gasteiger partial charge in [-0.15, -0.1) is 11.8 Å². The molecule has 0 bridgehead atoms. The Bertz CT molecular complexity index is 925. The van der Waals surface area contributed by atoms with E-state index in [0.29, 0.717) is 0 Å². The van der Waals surface area contributed by atoms with E-state index in [9.17, 15) is 14.4 Å². The number of hydrogen-bond donors (Lipinski definition) is 1. The van der Waals surface area contributed by atoms with E-state index >= 15 is 0 Å². The number of ether oxygens (including phenoxy) is 1. The molecule has 9 nitrogen and oxygen atoms in total. The summed E-state index contributed by atoms with van der Waals surface area (Å²) in [5, 5.41) is 5.94. The summed E-state index contributed by atoms with van der Waals surface area (Å²) in [5.41, 5.74) is 8.50. The van der Waals surface area contributed by atoms with Gasteiger partial charge in [-0.05, 0) is 11.1 Å². The van der Waals surface area contributed by atoms with Crippen molar-refractivity contribution in [2.24, 2.45) is 5.11 Å². The Hall–Kier alpha value is -1.84. The molecular weight excluding hydrogens is 489 g/mol. The van der Waals surface area contributed by atoms with E-state index in [0.717, 1.165) is 5.56 Å². The van der Waals surface area contributed by atoms with Crippen LogP contribution in [0.2, 0.25) is 0 Å². The fourth-order valence-corrected chi connectivity index (χ4v) is 5.14. The highest BCUT2D eigenvalue weighted by Crippen LogP contribution is 2.44. The van der Waals surface area contributed by atoms with Crippen molar-refractivity contribution < 1.29 is 19.1 Å². The van der Waals surface area contributed by atoms with Crippen LogP contribution in [0.15, 0.2) is 35.4 Å². The molecule has 0 aliphatic carbocycles. The maximum Gasteiger partial charge on any atom is 0.329 e. The summed E-state index contributed by atoms with van der Waals surface area (Å²) >= 11 is 18.2. The van der Waals surface area contributed by atoms with Crippen LogP contribution in [0.5, 0.6) is 0 Å². The molecule has 1 aromatic carbocycles. The first-order valence-corrected chi connectivity index (χ1v) is 11.3. The number of benzene rings is 1. The van der Waals surface area contributed by atoms with E-state index < -0.39 is 45.3 Å². The number of rotatable bonds is 6. The Labute approximate surface area is 197 Å². The Morgan fingerprint density at radius 2 is 2.06 bits per heavy atom. The maximum atomic E-state index is 12.9. The molecular formula is C18H18Cl3N5O4S. The van der Waals surface area contributed by atoms with E-state index in [1.807, 2.05) is 30.3 Å². The molecule has 3 rings (SSSR count). The average Bonchev–Trinajstić information content (AvgIpc) is 2.70. The summed E-state index contributed by atoms with van der Waals surface area (Å²) in [6, 6.07) is 7.09. The van der Waals surface area contributed by atoms with Crippen molar-refractivity contribution in [1.29, 1.82) is 0 Å². The van der Waals surface area contributed by atoms with Crippen molar-refractivity contribution in [3.05, 3.63) is 46.3 Å². The van der Waals surface area contributed by atoms with E-state index in [2.05, 4.69) is 15.3 Å². The summed E-state index contributed by atoms with van der Waals surface area (Å²) in [5.74, 6) is -1.42. The Morgan fingerprint density at radius 1 is 1.39 bits per heavy atom. The number of nitrogens with one attached hydrogen (secondary N) is 1. The second-order valence-corrected chi connectivity index (χ2v) is 10.9. The second-order valence-electron chi connectivity index (χ2n) is 7.33. The molecule has 0 radical (unpaired) electrons. The molecule has 0 spiro atoms. The van der Waals surface area contributed by atoms with Crippen molar-refractivity contribution in [2.75, 3.05) is 12.4 Å². The molecule has 31 heavy (non-hydrogen) atoms. The van der Waals surface area contributed by atoms with Gasteiger partial charge >= 0.3 is 5.97 Å². The number of alkyl halides is 3. The molecule has 2 heterocycles. The van der Waals surface area contributed by atoms with Crippen LogP contribution in [0.25, 0.3) is 10.4 Å². The van der Waals surface area contributed by atoms with Crippen LogP contribution < -0.4 is 5.32 Å². The van der Waals surface area contributed by atoms with Gasteiger partial charge in [0.15, 0.2) is 0 Å². The fraction of sp³-hybridized carbons (Fsp3) is 0.500. The number of fused-ring (bicyclic) bond motifs is 1. The Balaban J connectivity index is 1.74. The van der Waals surface area contributed by atoms with Crippen molar-refractivity contribution in [3.8, 4) is 0 Å². The van der Waals surface area contributed by atoms with Crippen LogP contribution in [0, 0.1) is 0 Å². The van der Waals surface area contributed by atoms with Crippen molar-refractivity contribution in [3.63, 3.8) is 0 Å². The van der Waals surface area contributed by atoms with Gasteiger partial charge in [-0.3, -0.25) is 9.59 Å². The van der Waals surface area contributed by atoms with E-state index in [1.54, 1.807) is 6.92 Å². The molecule has 0 aromatic heterocycles. The summed E-state index contributed by atoms with van der Waals surface area (Å²) < 4.78 is 3.24. The lowest BCUT2D eigenvalue weighted by Crippen LogP contribution is -2.78. The van der Waals surface area contributed by atoms with Gasteiger partial charge in [-0.25, -0.2) is 4.79 Å². The van der Waals surface area contributed by atoms with Crippen LogP contribution in [-0.4, -0.2) is 61.8 Å². The van der Waals surface area contributed by atoms with Gasteiger partial charge in [0.25, 0.3) is 0 Å². The van der Waals surface area contributed by atoms with Crippen molar-refractivity contribution in [2.45, 2.75) is 40.1 Å². The maximum absolute atomic E-state index is 12.9. The minimum absolute atomic E-state index is 0.118. The molecule has 166 valence electrons. The first-order valence-electron chi connectivity index (χ1n) is 9.12. The number of halogens is 3. The molecule has 4 atom stereocenters. The summed E-state index contributed by atoms with van der Waals surface area (Å²) in [6.07, 6.45) is 0.118. The van der Waals surface area contributed by atoms with Gasteiger partial charge in [0, 0.05) is 10.7 Å². The zero-order valence-corrected chi connectivity index (χ0v) is 19.3. The van der Waals surface area contributed by atoms with Crippen LogP contribution in [0.1, 0.15) is 12.5 Å². The van der Waals surface area contributed by atoms with E-state index in [4.69, 9.17) is 45.1 Å². The number of nitrogens with zero attached hydrogens (tertiary/aromatic N) is 4. The standard InChI is InChI=1S/C18H18Cl3N5O4S/c1-17(24-25-22)9-31-15-12(23-11(27)7-10-5-3-2-4-6-10)14(28)26(15)13(17)16(29)30-8-18(19,20)21/h2-6,12-13,15H,7-9H2,1H3,(H,23,27)/t12?,13?,15-,17?/m1/s1. The smallest absolute Gasteiger partial charge is 0.329 e. The third kappa shape index (κ3) is 5.32. The Kier molecular flexibility index (Phi) is 7.18. The topological polar surface area (TPSA) is 124 Å². The number of thioether (sulfide) groups is 1. The number of esters is 1. The minimum Gasteiger partial charge on any atom is -0.460 e. The largest absolute Gasteiger partial charge is 0.460 e. The predicted octanol–water partition coefficient (Wildman–Crippen LogP) is 2.98. The minimum atomic E-state index is -1.83. The quantitative estimate of drug-likeness (QED) is 0.159. The van der Waals surface area contributed by atoms with E-state index in [1.165, 1.54) is 16.7 Å². The van der Waals surface area contributed by atoms with Gasteiger partial charge in [0.1, 0.15) is 24.1 Å². The highest BCUT2D eigenvalue weighted by Gasteiger charge is 2.61. The third-order valence-corrected chi connectivity index (χ3v) is 6.81. The van der Waals surface area contributed by atoms with Gasteiger partial charge in [-0.1, -0.05) is 77.2 Å². The predicted molar refractivity (Wildman–Crippen MR) is 118 cm³/mol. The molecule has 3 unspecified atom stereocenters. The summed E-state index contributed by atoms with van der Waals surface area (Å²) in [6.45, 7) is 1.02. The molecule has 2 aliphatic heterocycles. The monoisotopic (exact) mass is 505 g/mol. The lowest BCUT2D eigenvalue weighted by molar-refractivity contribution is -0.168. The molecule has 2 amide bonds. The molecule has 2 fully saturated rings. The molecule has 1 aromatic rings. The average molecular weight is 507 g/mol. The van der Waals surface area contributed by atoms with Crippen LogP contribution in [0.3, 0.4) is 0 Å². The fourth-order valence-electron chi connectivity index (χ4n) is 3.49. The lowest BCUT2D eigenvalue weighted by atomic mass is 9.89. The van der Waals surface area contributed by atoms with Gasteiger partial charge in [0.2, 0.25) is 15.6 Å². The van der Waals surface area contributed by atoms with E-state index in [-0.39, 0.29) is 18.1 Å². The number of carbonyl (C=O) groups excluding carboxylic acids is 3. The van der Waals surface area contributed by atoms with Gasteiger partial charge < -0.3 is 15.0 Å². The van der Waals surface area contributed by atoms with Crippen LogP contribution in [-0.2, 0) is 25.5 Å². The van der Waals surface area contributed by atoms with Gasteiger partial charge in [0.05, 0.1) is 12.0 Å². The molecule has 13 heteroatoms. The number of amides is 2. The normalized spacial score (nSPS) is 27.4. The van der Waals surface area contributed by atoms with Crippen LogP contribution in [0.4, 0.5) is 0 Å². The molecule has 2 aliphatic rings. The number of hydrogen-bond acceptors (Lipinski definition) is 6. The molecule has 1 N–H and O–H groups in total. The first kappa shape index (κ1) is 23.8. The number of azide groups is 1. The second kappa shape index (κ2) is 9.34. The zero-order valence-electron chi connectivity index (χ0n) is 16.2. The lowest BCUT2D eigenvalue weighted by Gasteiger charge is -2.56. The molecule has 2 saturated heterocycles. The van der Waals surface area contributed by atoms with Gasteiger partial charge in [-0.2, -0.15) is 0 Å². The highest BCUT2D eigenvalue weighted by molar-refractivity contribution is 8.00. The van der Waals surface area contributed by atoms with Crippen molar-refractivity contribution in [1.82, 2.24) is 10.2 Å². The number of β-lactam (4-membered cyclic amide) rings is 1. The van der Waals surface area contributed by atoms with Crippen LogP contribution >= 0.6 is 46.6 Å². The molecule has 0 saturated carbocycles. The highest BCUT2D eigenvalue weighted by atomic mass is 35.6. The van der Waals surface area contributed by atoms with Crippen molar-refractivity contribution >= 4 is 64.3 Å². The SMILES string of the molecule is CC1(N=[N+]=[N-])CS[C@@H]2C(NC(=O)Cc3ccccc3)C(=O)N2C1C(=O)OCC(Cl)(Cl)Cl. The first-order chi connectivity index (χ1) is 14.6.